The first-order valence-electron chi connectivity index (χ1n) is 12.2. The number of benzene rings is 2. The lowest BCUT2D eigenvalue weighted by atomic mass is 9.95. The summed E-state index contributed by atoms with van der Waals surface area (Å²) in [6.45, 7) is 5.43. The molecule has 4 aromatic heterocycles. The third kappa shape index (κ3) is 4.39. The Balaban J connectivity index is 1.43. The standard InChI is InChI=1S/C29H23F2N7O/c1-29(2,3)28(39)34-18-12-16(13-32-14-18)19-8-9-21-22(23(19)31)25(38-37-21)27-35-24-20(10-11-33-26(24)36-27)15-4-6-17(30)7-5-15/h4-14H,1-3H3,(H,34,39)(H,37,38)(H,33,35,36). The van der Waals surface area contributed by atoms with Crippen molar-refractivity contribution in [2.75, 3.05) is 5.32 Å². The number of H-pyrrole nitrogens is 2. The summed E-state index contributed by atoms with van der Waals surface area (Å²) >= 11 is 0. The Hall–Kier alpha value is -4.99. The number of nitrogens with zero attached hydrogens (tertiary/aromatic N) is 4. The number of anilines is 1. The number of pyridine rings is 2. The largest absolute Gasteiger partial charge is 0.324 e. The molecule has 0 aliphatic carbocycles. The molecule has 0 fully saturated rings. The second kappa shape index (κ2) is 9.09. The van der Waals surface area contributed by atoms with Gasteiger partial charge in [0.15, 0.2) is 11.5 Å². The maximum atomic E-state index is 16.1. The van der Waals surface area contributed by atoms with E-state index in [2.05, 4.69) is 30.5 Å². The Morgan fingerprint density at radius 3 is 2.51 bits per heavy atom. The van der Waals surface area contributed by atoms with E-state index in [0.717, 1.165) is 11.1 Å². The first kappa shape index (κ1) is 24.4. The SMILES string of the molecule is CC(C)(C)C(=O)Nc1cncc(-c2ccc3[nH]nc(-c4nc5c(-c6ccc(F)cc6)ccnc5[nH]4)c3c2F)c1. The number of imidazole rings is 1. The molecule has 6 aromatic rings. The molecule has 8 nitrogen and oxygen atoms in total. The zero-order valence-electron chi connectivity index (χ0n) is 21.3. The molecule has 10 heteroatoms. The van der Waals surface area contributed by atoms with Crippen LogP contribution < -0.4 is 5.32 Å². The van der Waals surface area contributed by atoms with E-state index in [0.29, 0.717) is 39.3 Å². The van der Waals surface area contributed by atoms with Crippen LogP contribution in [0, 0.1) is 17.0 Å². The van der Waals surface area contributed by atoms with Gasteiger partial charge in [-0.05, 0) is 42.0 Å². The lowest BCUT2D eigenvalue weighted by Gasteiger charge is -2.17. The summed E-state index contributed by atoms with van der Waals surface area (Å²) in [5, 5.41) is 10.3. The van der Waals surface area contributed by atoms with Crippen LogP contribution in [-0.4, -0.2) is 36.0 Å². The van der Waals surface area contributed by atoms with Crippen molar-refractivity contribution < 1.29 is 13.6 Å². The second-order valence-electron chi connectivity index (χ2n) is 10.2. The molecule has 39 heavy (non-hydrogen) atoms. The molecule has 3 N–H and O–H groups in total. The minimum atomic E-state index is -0.593. The number of amides is 1. The lowest BCUT2D eigenvalue weighted by Crippen LogP contribution is -2.27. The van der Waals surface area contributed by atoms with E-state index in [1.54, 1.807) is 42.6 Å². The zero-order chi connectivity index (χ0) is 27.3. The van der Waals surface area contributed by atoms with Crippen LogP contribution in [0.2, 0.25) is 0 Å². The van der Waals surface area contributed by atoms with Crippen molar-refractivity contribution in [2.24, 2.45) is 5.41 Å². The van der Waals surface area contributed by atoms with Crippen LogP contribution in [0.15, 0.2) is 67.1 Å². The summed E-state index contributed by atoms with van der Waals surface area (Å²) in [4.78, 5) is 28.8. The Labute approximate surface area is 221 Å². The molecular weight excluding hydrogens is 500 g/mol. The van der Waals surface area contributed by atoms with Gasteiger partial charge < -0.3 is 10.3 Å². The van der Waals surface area contributed by atoms with E-state index in [1.165, 1.54) is 24.5 Å². The quantitative estimate of drug-likeness (QED) is 0.244. The molecule has 0 saturated carbocycles. The molecule has 2 aromatic carbocycles. The van der Waals surface area contributed by atoms with Gasteiger partial charge in [-0.3, -0.25) is 14.9 Å². The van der Waals surface area contributed by atoms with Gasteiger partial charge >= 0.3 is 0 Å². The number of aromatic amines is 2. The second-order valence-corrected chi connectivity index (χ2v) is 10.2. The van der Waals surface area contributed by atoms with Crippen LogP contribution in [0.3, 0.4) is 0 Å². The predicted molar refractivity (Wildman–Crippen MR) is 146 cm³/mol. The van der Waals surface area contributed by atoms with Crippen LogP contribution in [0.4, 0.5) is 14.5 Å². The number of rotatable bonds is 4. The fraction of sp³-hybridized carbons (Fsp3) is 0.138. The van der Waals surface area contributed by atoms with E-state index in [4.69, 9.17) is 4.98 Å². The van der Waals surface area contributed by atoms with E-state index >= 15 is 4.39 Å². The molecule has 0 unspecified atom stereocenters. The highest BCUT2D eigenvalue weighted by Gasteiger charge is 2.23. The average Bonchev–Trinajstić information content (AvgIpc) is 3.54. The van der Waals surface area contributed by atoms with Crippen molar-refractivity contribution in [3.8, 4) is 33.8 Å². The molecule has 6 rings (SSSR count). The molecular formula is C29H23F2N7O. The van der Waals surface area contributed by atoms with Gasteiger partial charge in [0.2, 0.25) is 5.91 Å². The summed E-state index contributed by atoms with van der Waals surface area (Å²) in [6, 6.07) is 12.9. The van der Waals surface area contributed by atoms with Gasteiger partial charge in [0, 0.05) is 34.5 Å². The van der Waals surface area contributed by atoms with Crippen LogP contribution >= 0.6 is 0 Å². The number of aromatic nitrogens is 6. The smallest absolute Gasteiger partial charge is 0.229 e. The molecule has 0 aliphatic rings. The summed E-state index contributed by atoms with van der Waals surface area (Å²) in [7, 11) is 0. The number of halogens is 2. The number of hydrogen-bond donors (Lipinski definition) is 3. The van der Waals surface area contributed by atoms with Crippen molar-refractivity contribution in [1.29, 1.82) is 0 Å². The number of nitrogens with one attached hydrogen (secondary N) is 3. The topological polar surface area (TPSA) is 112 Å². The van der Waals surface area contributed by atoms with E-state index in [1.807, 2.05) is 20.8 Å². The van der Waals surface area contributed by atoms with Gasteiger partial charge in [0.25, 0.3) is 0 Å². The van der Waals surface area contributed by atoms with E-state index in [9.17, 15) is 9.18 Å². The maximum Gasteiger partial charge on any atom is 0.229 e. The normalized spacial score (nSPS) is 11.8. The summed E-state index contributed by atoms with van der Waals surface area (Å²) in [6.07, 6.45) is 4.69. The highest BCUT2D eigenvalue weighted by atomic mass is 19.1. The van der Waals surface area contributed by atoms with E-state index < -0.39 is 11.2 Å². The molecule has 0 spiro atoms. The maximum absolute atomic E-state index is 16.1. The van der Waals surface area contributed by atoms with Crippen LogP contribution in [0.5, 0.6) is 0 Å². The molecule has 0 radical (unpaired) electrons. The highest BCUT2D eigenvalue weighted by Crippen LogP contribution is 2.35. The Morgan fingerprint density at radius 2 is 1.74 bits per heavy atom. The van der Waals surface area contributed by atoms with Gasteiger partial charge in [-0.1, -0.05) is 32.9 Å². The Morgan fingerprint density at radius 1 is 0.949 bits per heavy atom. The summed E-state index contributed by atoms with van der Waals surface area (Å²) < 4.78 is 29.6. The molecule has 194 valence electrons. The number of carbonyl (C=O) groups excluding carboxylic acids is 1. The highest BCUT2D eigenvalue weighted by molar-refractivity contribution is 5.98. The fourth-order valence-corrected chi connectivity index (χ4v) is 4.33. The van der Waals surface area contributed by atoms with Gasteiger partial charge in [0.1, 0.15) is 22.8 Å². The monoisotopic (exact) mass is 523 g/mol. The summed E-state index contributed by atoms with van der Waals surface area (Å²) in [5.41, 5.74) is 4.02. The van der Waals surface area contributed by atoms with Crippen LogP contribution in [-0.2, 0) is 4.79 Å². The third-order valence-corrected chi connectivity index (χ3v) is 6.42. The van der Waals surface area contributed by atoms with Crippen molar-refractivity contribution in [3.05, 3.63) is 78.8 Å². The van der Waals surface area contributed by atoms with E-state index in [-0.39, 0.29) is 22.8 Å². The first-order valence-corrected chi connectivity index (χ1v) is 12.2. The lowest BCUT2D eigenvalue weighted by molar-refractivity contribution is -0.123. The van der Waals surface area contributed by atoms with Crippen molar-refractivity contribution in [2.45, 2.75) is 20.8 Å². The average molecular weight is 524 g/mol. The molecule has 1 amide bonds. The molecule has 0 bridgehead atoms. The Bertz CT molecular complexity index is 1870. The first-order chi connectivity index (χ1) is 18.7. The molecule has 0 aliphatic heterocycles. The fourth-order valence-electron chi connectivity index (χ4n) is 4.33. The number of fused-ring (bicyclic) bond motifs is 2. The Kier molecular flexibility index (Phi) is 5.67. The van der Waals surface area contributed by atoms with Gasteiger partial charge in [-0.2, -0.15) is 5.10 Å². The van der Waals surface area contributed by atoms with Crippen molar-refractivity contribution >= 4 is 33.7 Å². The van der Waals surface area contributed by atoms with Gasteiger partial charge in [0.05, 0.1) is 22.8 Å². The summed E-state index contributed by atoms with van der Waals surface area (Å²) in [5.74, 6) is -0.686. The molecule has 4 heterocycles. The van der Waals surface area contributed by atoms with Crippen molar-refractivity contribution in [1.82, 2.24) is 30.1 Å². The van der Waals surface area contributed by atoms with Gasteiger partial charge in [-0.15, -0.1) is 0 Å². The minimum Gasteiger partial charge on any atom is -0.324 e. The third-order valence-electron chi connectivity index (χ3n) is 6.42. The number of carbonyl (C=O) groups is 1. The molecule has 0 saturated heterocycles. The van der Waals surface area contributed by atoms with Crippen LogP contribution in [0.25, 0.3) is 55.8 Å². The molecule has 0 atom stereocenters. The predicted octanol–water partition coefficient (Wildman–Crippen LogP) is 6.49. The van der Waals surface area contributed by atoms with Crippen molar-refractivity contribution in [3.63, 3.8) is 0 Å². The van der Waals surface area contributed by atoms with Crippen LogP contribution in [0.1, 0.15) is 20.8 Å². The zero-order valence-corrected chi connectivity index (χ0v) is 21.3. The van der Waals surface area contributed by atoms with Gasteiger partial charge in [-0.25, -0.2) is 18.7 Å². The minimum absolute atomic E-state index is 0.173. The number of hydrogen-bond acceptors (Lipinski definition) is 5.